The van der Waals surface area contributed by atoms with E-state index < -0.39 is 25.4 Å². The molecule has 1 aliphatic rings. The fourth-order valence-corrected chi connectivity index (χ4v) is 6.68. The van der Waals surface area contributed by atoms with Crippen LogP contribution in [0.1, 0.15) is 18.8 Å². The molecule has 1 fully saturated rings. The Labute approximate surface area is 204 Å². The van der Waals surface area contributed by atoms with Crippen LogP contribution >= 0.6 is 0 Å². The highest BCUT2D eigenvalue weighted by Crippen LogP contribution is 2.26. The second-order valence-electron chi connectivity index (χ2n) is 8.55. The van der Waals surface area contributed by atoms with Gasteiger partial charge in [0.2, 0.25) is 10.0 Å². The number of methoxy groups -OCH3 is 1. The molecule has 10 nitrogen and oxygen atoms in total. The molecule has 0 bridgehead atoms. The van der Waals surface area contributed by atoms with Crippen LogP contribution in [0.25, 0.3) is 10.9 Å². The third-order valence-electron chi connectivity index (χ3n) is 6.39. The first-order valence-electron chi connectivity index (χ1n) is 11.0. The molecular formula is C23H28N4O6S2. The van der Waals surface area contributed by atoms with E-state index in [0.29, 0.717) is 43.3 Å². The molecule has 0 saturated carbocycles. The van der Waals surface area contributed by atoms with Crippen LogP contribution in [0, 0.1) is 0 Å². The summed E-state index contributed by atoms with van der Waals surface area (Å²) in [5, 5.41) is 0.0730. The lowest BCUT2D eigenvalue weighted by Crippen LogP contribution is -2.49. The van der Waals surface area contributed by atoms with Crippen molar-refractivity contribution in [1.82, 2.24) is 18.8 Å². The molecule has 0 aliphatic carbocycles. The van der Waals surface area contributed by atoms with Gasteiger partial charge in [-0.15, -0.1) is 0 Å². The van der Waals surface area contributed by atoms with Gasteiger partial charge in [0, 0.05) is 39.5 Å². The molecular weight excluding hydrogens is 492 g/mol. The zero-order valence-electron chi connectivity index (χ0n) is 20.0. The Morgan fingerprint density at radius 2 is 1.60 bits per heavy atom. The van der Waals surface area contributed by atoms with Gasteiger partial charge in [0.1, 0.15) is 11.6 Å². The maximum absolute atomic E-state index is 13.1. The summed E-state index contributed by atoms with van der Waals surface area (Å²) in [5.74, 6) is 1.07. The average molecular weight is 521 g/mol. The maximum atomic E-state index is 13.1. The Bertz CT molecular complexity index is 1520. The maximum Gasteiger partial charge on any atom is 0.262 e. The quantitative estimate of drug-likeness (QED) is 0.479. The van der Waals surface area contributed by atoms with Crippen LogP contribution in [-0.2, 0) is 26.9 Å². The lowest BCUT2D eigenvalue weighted by atomic mass is 10.2. The van der Waals surface area contributed by atoms with Crippen molar-refractivity contribution in [3.05, 3.63) is 58.6 Å². The highest BCUT2D eigenvalue weighted by atomic mass is 32.2. The number of ether oxygens (including phenoxy) is 1. The van der Waals surface area contributed by atoms with Crippen LogP contribution < -0.4 is 10.3 Å². The molecule has 1 atom stereocenters. The van der Waals surface area contributed by atoms with E-state index in [4.69, 9.17) is 4.74 Å². The van der Waals surface area contributed by atoms with Crippen molar-refractivity contribution >= 4 is 30.8 Å². The Kier molecular flexibility index (Phi) is 6.75. The summed E-state index contributed by atoms with van der Waals surface area (Å²) >= 11 is 0. The first-order chi connectivity index (χ1) is 16.4. The highest BCUT2D eigenvalue weighted by Gasteiger charge is 2.32. The molecule has 12 heteroatoms. The number of fused-ring (bicyclic) bond motifs is 1. The zero-order valence-corrected chi connectivity index (χ0v) is 21.6. The van der Waals surface area contributed by atoms with Crippen molar-refractivity contribution in [2.75, 3.05) is 39.5 Å². The van der Waals surface area contributed by atoms with Gasteiger partial charge in [-0.05, 0) is 43.3 Å². The van der Waals surface area contributed by atoms with Crippen molar-refractivity contribution in [2.24, 2.45) is 7.05 Å². The largest absolute Gasteiger partial charge is 0.497 e. The molecule has 0 amide bonds. The molecule has 1 unspecified atom stereocenters. The summed E-state index contributed by atoms with van der Waals surface area (Å²) in [4.78, 5) is 20.0. The predicted molar refractivity (Wildman–Crippen MR) is 132 cm³/mol. The Morgan fingerprint density at radius 1 is 0.971 bits per heavy atom. The molecule has 3 aromatic rings. The van der Waals surface area contributed by atoms with Crippen molar-refractivity contribution in [3.63, 3.8) is 0 Å². The van der Waals surface area contributed by atoms with Gasteiger partial charge in [-0.25, -0.2) is 21.8 Å². The highest BCUT2D eigenvalue weighted by molar-refractivity contribution is 7.91. The van der Waals surface area contributed by atoms with Gasteiger partial charge in [0.25, 0.3) is 5.56 Å². The van der Waals surface area contributed by atoms with E-state index in [1.165, 1.54) is 34.2 Å². The van der Waals surface area contributed by atoms with Crippen LogP contribution in [0.4, 0.5) is 0 Å². The Morgan fingerprint density at radius 3 is 2.17 bits per heavy atom. The number of sulfone groups is 1. The van der Waals surface area contributed by atoms with E-state index in [9.17, 15) is 21.6 Å². The summed E-state index contributed by atoms with van der Waals surface area (Å²) in [6.45, 7) is 3.39. The number of benzene rings is 2. The second kappa shape index (κ2) is 9.34. The normalized spacial score (nSPS) is 16.9. The van der Waals surface area contributed by atoms with E-state index >= 15 is 0 Å². The molecule has 1 saturated heterocycles. The zero-order chi connectivity index (χ0) is 25.5. The minimum absolute atomic E-state index is 0.0420. The molecule has 0 radical (unpaired) electrons. The first-order valence-corrected chi connectivity index (χ1v) is 14.4. The van der Waals surface area contributed by atoms with Crippen molar-refractivity contribution < 1.29 is 21.6 Å². The Hall–Kier alpha value is -2.80. The predicted octanol–water partition coefficient (Wildman–Crippen LogP) is 1.41. The number of nitrogens with zero attached hydrogens (tertiary/aromatic N) is 4. The third-order valence-corrected chi connectivity index (χ3v) is 9.44. The van der Waals surface area contributed by atoms with Crippen LogP contribution in [0.3, 0.4) is 0 Å². The van der Waals surface area contributed by atoms with Gasteiger partial charge in [-0.1, -0.05) is 6.07 Å². The van der Waals surface area contributed by atoms with Gasteiger partial charge in [-0.3, -0.25) is 14.3 Å². The number of hydrogen-bond acceptors (Lipinski definition) is 8. The van der Waals surface area contributed by atoms with Gasteiger partial charge in [0.15, 0.2) is 9.84 Å². The van der Waals surface area contributed by atoms with E-state index in [1.807, 2.05) is 6.92 Å². The molecule has 0 N–H and O–H groups in total. The van der Waals surface area contributed by atoms with Crippen molar-refractivity contribution in [1.29, 1.82) is 0 Å². The molecule has 2 aromatic carbocycles. The molecule has 4 rings (SSSR count). The fraction of sp³-hybridized carbons (Fsp3) is 0.391. The van der Waals surface area contributed by atoms with E-state index in [0.717, 1.165) is 6.26 Å². The smallest absolute Gasteiger partial charge is 0.262 e. The Balaban J connectivity index is 1.58. The number of sulfonamides is 1. The SMILES string of the molecule is COc1ccc(S(=O)(=O)N2CCN(C(C)c3nc4cccc(S(C)(=O)=O)c4c(=O)n3C)CC2)cc1. The minimum Gasteiger partial charge on any atom is -0.497 e. The minimum atomic E-state index is -3.64. The lowest BCUT2D eigenvalue weighted by molar-refractivity contribution is 0.139. The van der Waals surface area contributed by atoms with E-state index in [2.05, 4.69) is 9.88 Å². The number of rotatable bonds is 6. The van der Waals surface area contributed by atoms with Gasteiger partial charge < -0.3 is 4.74 Å². The molecule has 1 aliphatic heterocycles. The summed E-state index contributed by atoms with van der Waals surface area (Å²) in [7, 11) is -4.15. The lowest BCUT2D eigenvalue weighted by Gasteiger charge is -2.37. The van der Waals surface area contributed by atoms with Crippen molar-refractivity contribution in [2.45, 2.75) is 22.8 Å². The van der Waals surface area contributed by atoms with Gasteiger partial charge in [0.05, 0.1) is 33.8 Å². The monoisotopic (exact) mass is 520 g/mol. The number of hydrogen-bond donors (Lipinski definition) is 0. The first kappa shape index (κ1) is 25.3. The number of piperazine rings is 1. The molecule has 1 aromatic heterocycles. The molecule has 35 heavy (non-hydrogen) atoms. The topological polar surface area (TPSA) is 119 Å². The average Bonchev–Trinajstić information content (AvgIpc) is 2.85. The summed E-state index contributed by atoms with van der Waals surface area (Å²) in [6.07, 6.45) is 1.07. The van der Waals surface area contributed by atoms with E-state index in [-0.39, 0.29) is 21.2 Å². The second-order valence-corrected chi connectivity index (χ2v) is 12.5. The van der Waals surface area contributed by atoms with Crippen LogP contribution in [0.15, 0.2) is 57.1 Å². The fourth-order valence-electron chi connectivity index (χ4n) is 4.37. The van der Waals surface area contributed by atoms with Crippen LogP contribution in [0.5, 0.6) is 5.75 Å². The third kappa shape index (κ3) is 4.70. The summed E-state index contributed by atoms with van der Waals surface area (Å²) < 4.78 is 58.4. The standard InChI is InChI=1S/C23H28N4O6S2/c1-16(22-24-19-6-5-7-20(34(4,29)30)21(19)23(28)25(22)2)26-12-14-27(15-13-26)35(31,32)18-10-8-17(33-3)9-11-18/h5-11,16H,12-15H2,1-4H3. The molecule has 0 spiro atoms. The molecule has 2 heterocycles. The van der Waals surface area contributed by atoms with Gasteiger partial charge >= 0.3 is 0 Å². The van der Waals surface area contributed by atoms with Crippen LogP contribution in [0.2, 0.25) is 0 Å². The summed E-state index contributed by atoms with van der Waals surface area (Å²) in [5.41, 5.74) is -0.114. The number of aromatic nitrogens is 2. The van der Waals surface area contributed by atoms with Crippen molar-refractivity contribution in [3.8, 4) is 5.75 Å². The molecule has 188 valence electrons. The van der Waals surface area contributed by atoms with Gasteiger partial charge in [-0.2, -0.15) is 4.31 Å². The summed E-state index contributed by atoms with van der Waals surface area (Å²) in [6, 6.07) is 10.6. The van der Waals surface area contributed by atoms with E-state index in [1.54, 1.807) is 31.3 Å². The van der Waals surface area contributed by atoms with Crippen LogP contribution in [-0.4, -0.2) is 75.1 Å².